The van der Waals surface area contributed by atoms with Crippen molar-refractivity contribution in [2.24, 2.45) is 0 Å². The molecular formula is C33H45N3O8S. The van der Waals surface area contributed by atoms with E-state index in [9.17, 15) is 18.0 Å². The number of ether oxygens (including phenoxy) is 4. The minimum atomic E-state index is -4.42. The molecule has 2 heterocycles. The highest BCUT2D eigenvalue weighted by Gasteiger charge is 2.56. The Morgan fingerprint density at radius 2 is 1.80 bits per heavy atom. The zero-order chi connectivity index (χ0) is 32.4. The first-order valence-corrected chi connectivity index (χ1v) is 17.1. The molecule has 0 radical (unpaired) electrons. The van der Waals surface area contributed by atoms with Crippen LogP contribution in [0.15, 0.2) is 41.3 Å². The molecule has 1 N–H and O–H groups in total. The van der Waals surface area contributed by atoms with E-state index in [1.54, 1.807) is 12.1 Å². The van der Waals surface area contributed by atoms with Crippen LogP contribution >= 0.6 is 0 Å². The van der Waals surface area contributed by atoms with Crippen LogP contribution in [0, 0.1) is 0 Å². The smallest absolute Gasteiger partial charge is 0.274 e. The van der Waals surface area contributed by atoms with Crippen LogP contribution < -0.4 is 19.1 Å². The van der Waals surface area contributed by atoms with E-state index in [2.05, 4.69) is 10.2 Å². The first kappa shape index (κ1) is 33.2. The van der Waals surface area contributed by atoms with E-state index >= 15 is 0 Å². The topological polar surface area (TPSA) is 124 Å². The molecule has 0 aromatic heterocycles. The van der Waals surface area contributed by atoms with Crippen molar-refractivity contribution in [3.63, 3.8) is 0 Å². The van der Waals surface area contributed by atoms with Gasteiger partial charge in [-0.05, 0) is 95.3 Å². The van der Waals surface area contributed by atoms with Crippen molar-refractivity contribution in [3.8, 4) is 11.5 Å². The highest BCUT2D eigenvalue weighted by molar-refractivity contribution is 7.93. The summed E-state index contributed by atoms with van der Waals surface area (Å²) in [6, 6.07) is 9.30. The Morgan fingerprint density at radius 1 is 1.09 bits per heavy atom. The molecule has 1 saturated carbocycles. The Labute approximate surface area is 266 Å². The van der Waals surface area contributed by atoms with E-state index in [4.69, 9.17) is 18.9 Å². The van der Waals surface area contributed by atoms with Crippen LogP contribution in [0.25, 0.3) is 0 Å². The van der Waals surface area contributed by atoms with Gasteiger partial charge in [-0.3, -0.25) is 14.5 Å². The highest BCUT2D eigenvalue weighted by atomic mass is 32.2. The van der Waals surface area contributed by atoms with E-state index in [0.717, 1.165) is 37.2 Å². The van der Waals surface area contributed by atoms with Crippen LogP contribution in [0.5, 0.6) is 11.5 Å². The van der Waals surface area contributed by atoms with Crippen LogP contribution in [0.1, 0.15) is 69.3 Å². The number of anilines is 1. The molecule has 5 rings (SSSR count). The van der Waals surface area contributed by atoms with E-state index in [1.165, 1.54) is 25.3 Å². The Bertz CT molecular complexity index is 1510. The summed E-state index contributed by atoms with van der Waals surface area (Å²) in [6.45, 7) is 12.6. The van der Waals surface area contributed by atoms with E-state index in [-0.39, 0.29) is 28.2 Å². The summed E-state index contributed by atoms with van der Waals surface area (Å²) in [7, 11) is -3.08. The minimum Gasteiger partial charge on any atom is -0.495 e. The molecule has 11 nitrogen and oxygen atoms in total. The van der Waals surface area contributed by atoms with Gasteiger partial charge in [-0.25, -0.2) is 12.7 Å². The molecule has 0 atom stereocenters. The van der Waals surface area contributed by atoms with Crippen LogP contribution in [-0.4, -0.2) is 89.9 Å². The lowest BCUT2D eigenvalue weighted by Crippen LogP contribution is -2.46. The maximum atomic E-state index is 14.4. The molecule has 2 amide bonds. The molecule has 2 aromatic carbocycles. The molecule has 246 valence electrons. The number of rotatable bonds is 10. The molecular weight excluding hydrogens is 598 g/mol. The van der Waals surface area contributed by atoms with Crippen molar-refractivity contribution < 1.29 is 37.0 Å². The zero-order valence-corrected chi connectivity index (χ0v) is 27.7. The van der Waals surface area contributed by atoms with Gasteiger partial charge in [-0.1, -0.05) is 0 Å². The monoisotopic (exact) mass is 643 g/mol. The lowest BCUT2D eigenvalue weighted by atomic mass is 9.69. The molecule has 2 aromatic rings. The molecule has 45 heavy (non-hydrogen) atoms. The van der Waals surface area contributed by atoms with Crippen molar-refractivity contribution in [2.45, 2.75) is 75.3 Å². The SMILES string of the molecule is CCOc1ccc2c(c1)C1(CCC(OCCN3CCOCC3)CC1)C(=O)N2S(=O)(=O)c1ccc(C(=O)NC(C)(C)C)cc1OC. The predicted octanol–water partition coefficient (Wildman–Crippen LogP) is 3.89. The van der Waals surface area contributed by atoms with Crippen molar-refractivity contribution >= 4 is 27.5 Å². The van der Waals surface area contributed by atoms with Crippen molar-refractivity contribution in [1.29, 1.82) is 0 Å². The number of methoxy groups -OCH3 is 1. The van der Waals surface area contributed by atoms with Crippen molar-refractivity contribution in [1.82, 2.24) is 10.2 Å². The van der Waals surface area contributed by atoms with Crippen LogP contribution in [0.4, 0.5) is 5.69 Å². The lowest BCUT2D eigenvalue weighted by Gasteiger charge is -2.36. The third-order valence-electron chi connectivity index (χ3n) is 8.69. The average molecular weight is 644 g/mol. The fraction of sp³-hybridized carbons (Fsp3) is 0.576. The first-order valence-electron chi connectivity index (χ1n) is 15.7. The number of sulfonamides is 1. The number of benzene rings is 2. The van der Waals surface area contributed by atoms with Crippen LogP contribution in [0.3, 0.4) is 0 Å². The summed E-state index contributed by atoms with van der Waals surface area (Å²) in [4.78, 5) is 29.4. The molecule has 1 aliphatic carbocycles. The lowest BCUT2D eigenvalue weighted by molar-refractivity contribution is -0.124. The van der Waals surface area contributed by atoms with Crippen molar-refractivity contribution in [3.05, 3.63) is 47.5 Å². The second-order valence-corrected chi connectivity index (χ2v) is 14.6. The van der Waals surface area contributed by atoms with Gasteiger partial charge >= 0.3 is 0 Å². The summed E-state index contributed by atoms with van der Waals surface area (Å²) in [5.74, 6) is -0.290. The maximum Gasteiger partial charge on any atom is 0.274 e. The minimum absolute atomic E-state index is 0.0134. The summed E-state index contributed by atoms with van der Waals surface area (Å²) in [5, 5.41) is 2.87. The fourth-order valence-electron chi connectivity index (χ4n) is 6.43. The van der Waals surface area contributed by atoms with Gasteiger partial charge in [-0.2, -0.15) is 0 Å². The molecule has 0 unspecified atom stereocenters. The number of carbonyl (C=O) groups is 2. The summed E-state index contributed by atoms with van der Waals surface area (Å²) in [5.41, 5.74) is -0.305. The Kier molecular flexibility index (Phi) is 9.79. The number of nitrogens with one attached hydrogen (secondary N) is 1. The number of hydrogen-bond donors (Lipinski definition) is 1. The number of hydrogen-bond acceptors (Lipinski definition) is 9. The molecule has 1 saturated heterocycles. The molecule has 3 aliphatic rings. The molecule has 2 aliphatic heterocycles. The largest absolute Gasteiger partial charge is 0.495 e. The third kappa shape index (κ3) is 6.84. The number of nitrogens with zero attached hydrogens (tertiary/aromatic N) is 2. The summed E-state index contributed by atoms with van der Waals surface area (Å²) < 4.78 is 52.5. The summed E-state index contributed by atoms with van der Waals surface area (Å²) >= 11 is 0. The van der Waals surface area contributed by atoms with Gasteiger partial charge in [0.2, 0.25) is 0 Å². The molecule has 0 bridgehead atoms. The standard InChI is InChI=1S/C33H45N3O8S/c1-6-43-25-8-9-27-26(22-25)33(13-11-24(12-14-33)44-20-17-35-15-18-42-19-16-35)31(38)36(27)45(39,40)29-10-7-23(21-28(29)41-5)30(37)34-32(2,3)4/h7-10,21-22,24H,6,11-20H2,1-5H3,(H,34,37). The van der Waals surface area contributed by atoms with Crippen LogP contribution in [0.2, 0.25) is 0 Å². The third-order valence-corrected chi connectivity index (χ3v) is 10.4. The zero-order valence-electron chi connectivity index (χ0n) is 26.9. The van der Waals surface area contributed by atoms with Gasteiger partial charge in [0.05, 0.1) is 50.7 Å². The summed E-state index contributed by atoms with van der Waals surface area (Å²) in [6.07, 6.45) is 2.14. The van der Waals surface area contributed by atoms with E-state index in [0.29, 0.717) is 55.9 Å². The Morgan fingerprint density at radius 3 is 2.44 bits per heavy atom. The fourth-order valence-corrected chi connectivity index (χ4v) is 8.07. The van der Waals surface area contributed by atoms with Gasteiger partial charge in [0.15, 0.2) is 0 Å². The van der Waals surface area contributed by atoms with Gasteiger partial charge in [-0.15, -0.1) is 0 Å². The quantitative estimate of drug-likeness (QED) is 0.411. The van der Waals surface area contributed by atoms with Gasteiger partial charge < -0.3 is 24.3 Å². The predicted molar refractivity (Wildman–Crippen MR) is 170 cm³/mol. The van der Waals surface area contributed by atoms with E-state index in [1.807, 2.05) is 33.8 Å². The van der Waals surface area contributed by atoms with Gasteiger partial charge in [0, 0.05) is 30.7 Å². The molecule has 12 heteroatoms. The normalized spacial score (nSPS) is 22.4. The number of fused-ring (bicyclic) bond motifs is 2. The number of carbonyl (C=O) groups excluding carboxylic acids is 2. The van der Waals surface area contributed by atoms with E-state index < -0.39 is 26.9 Å². The molecule has 1 spiro atoms. The van der Waals surface area contributed by atoms with Crippen molar-refractivity contribution in [2.75, 3.05) is 57.5 Å². The second-order valence-electron chi connectivity index (χ2n) is 12.9. The molecule has 2 fully saturated rings. The maximum absolute atomic E-state index is 14.4. The first-order chi connectivity index (χ1) is 21.4. The number of amides is 2. The van der Waals surface area contributed by atoms with Gasteiger partial charge in [0.1, 0.15) is 16.4 Å². The van der Waals surface area contributed by atoms with Gasteiger partial charge in [0.25, 0.3) is 21.8 Å². The number of morpholine rings is 1. The average Bonchev–Trinajstić information content (AvgIpc) is 3.24. The highest BCUT2D eigenvalue weighted by Crippen LogP contribution is 2.53. The Balaban J connectivity index is 1.42. The van der Waals surface area contributed by atoms with Crippen LogP contribution in [-0.2, 0) is 29.7 Å². The second kappa shape index (κ2) is 13.3. The Hall–Kier alpha value is -3.19.